The number of halogens is 1. The summed E-state index contributed by atoms with van der Waals surface area (Å²) < 4.78 is 12.2. The second kappa shape index (κ2) is 4.04. The molecule has 0 rings (SSSR count). The van der Waals surface area contributed by atoms with E-state index in [1.807, 2.05) is 13.8 Å². The van der Waals surface area contributed by atoms with Crippen LogP contribution in [0.4, 0.5) is 4.39 Å². The van der Waals surface area contributed by atoms with Gasteiger partial charge >= 0.3 is 0 Å². The number of hydrogen-bond donors (Lipinski definition) is 0. The minimum Gasteiger partial charge on any atom is -0.268 e. The Balaban J connectivity index is 4.09. The van der Waals surface area contributed by atoms with Crippen LogP contribution < -0.4 is 0 Å². The lowest BCUT2D eigenvalue weighted by molar-refractivity contribution is 0.323. The van der Waals surface area contributed by atoms with Gasteiger partial charge in [-0.15, -0.1) is 5.10 Å². The van der Waals surface area contributed by atoms with Crippen LogP contribution in [0.3, 0.4) is 0 Å². The summed E-state index contributed by atoms with van der Waals surface area (Å²) in [5, 5.41) is 5.03. The highest BCUT2D eigenvalue weighted by Gasteiger charge is 2.00. The van der Waals surface area contributed by atoms with Gasteiger partial charge in [-0.2, -0.15) is 4.39 Å². The molecule has 0 bridgehead atoms. The van der Waals surface area contributed by atoms with Crippen LogP contribution in [0.1, 0.15) is 20.8 Å². The summed E-state index contributed by atoms with van der Waals surface area (Å²) in [4.78, 5) is 0. The molecule has 58 valence electrons. The minimum absolute atomic E-state index is 0.156. The smallest absolute Gasteiger partial charge is 0.204 e. The monoisotopic (exact) mass is 144 g/mol. The maximum Gasteiger partial charge on any atom is 0.204 e. The molecule has 0 saturated heterocycles. The van der Waals surface area contributed by atoms with Crippen LogP contribution in [-0.4, -0.2) is 17.0 Å². The van der Waals surface area contributed by atoms with E-state index in [2.05, 4.69) is 11.7 Å². The first-order chi connectivity index (χ1) is 4.57. The number of hydrogen-bond acceptors (Lipinski definition) is 2. The number of hydrazone groups is 1. The topological polar surface area (TPSA) is 15.6 Å². The molecule has 0 N–H and O–H groups in total. The lowest BCUT2D eigenvalue weighted by Gasteiger charge is -2.17. The van der Waals surface area contributed by atoms with Crippen LogP contribution in [0, 0.1) is 0 Å². The van der Waals surface area contributed by atoms with E-state index in [0.29, 0.717) is 0 Å². The Morgan fingerprint density at radius 3 is 2.30 bits per heavy atom. The Morgan fingerprint density at radius 1 is 1.70 bits per heavy atom. The van der Waals surface area contributed by atoms with Crippen LogP contribution in [0.15, 0.2) is 17.9 Å². The summed E-state index contributed by atoms with van der Waals surface area (Å²) in [5.74, 6) is -0.450. The Morgan fingerprint density at radius 2 is 2.20 bits per heavy atom. The fraction of sp³-hybridized carbons (Fsp3) is 0.571. The van der Waals surface area contributed by atoms with Gasteiger partial charge in [0.05, 0.1) is 0 Å². The molecule has 0 heterocycles. The SMILES string of the molecule is C=CN(/N=C(\C)F)C(C)C. The Kier molecular flexibility index (Phi) is 3.69. The Labute approximate surface area is 61.0 Å². The molecule has 0 spiro atoms. The van der Waals surface area contributed by atoms with Gasteiger partial charge < -0.3 is 0 Å². The third-order valence-electron chi connectivity index (χ3n) is 0.969. The van der Waals surface area contributed by atoms with E-state index in [1.54, 1.807) is 0 Å². The molecule has 0 unspecified atom stereocenters. The molecule has 3 heteroatoms. The second-order valence-electron chi connectivity index (χ2n) is 2.25. The molecule has 0 radical (unpaired) electrons. The van der Waals surface area contributed by atoms with Crippen LogP contribution >= 0.6 is 0 Å². The third-order valence-corrected chi connectivity index (χ3v) is 0.969. The fourth-order valence-corrected chi connectivity index (χ4v) is 0.526. The molecule has 0 aromatic rings. The van der Waals surface area contributed by atoms with Gasteiger partial charge in [-0.05, 0) is 13.8 Å². The zero-order valence-electron chi connectivity index (χ0n) is 6.63. The maximum absolute atomic E-state index is 12.2. The van der Waals surface area contributed by atoms with Gasteiger partial charge in [-0.1, -0.05) is 6.58 Å². The molecule has 0 aromatic heterocycles. The fourth-order valence-electron chi connectivity index (χ4n) is 0.526. The van der Waals surface area contributed by atoms with Crippen molar-refractivity contribution in [1.29, 1.82) is 0 Å². The van der Waals surface area contributed by atoms with Gasteiger partial charge in [-0.25, -0.2) is 0 Å². The van der Waals surface area contributed by atoms with E-state index in [-0.39, 0.29) is 6.04 Å². The first-order valence-electron chi connectivity index (χ1n) is 3.19. The molecular weight excluding hydrogens is 131 g/mol. The second-order valence-corrected chi connectivity index (χ2v) is 2.25. The third kappa shape index (κ3) is 3.22. The summed E-state index contributed by atoms with van der Waals surface area (Å²) >= 11 is 0. The summed E-state index contributed by atoms with van der Waals surface area (Å²) in [7, 11) is 0. The molecule has 0 aliphatic rings. The van der Waals surface area contributed by atoms with Gasteiger partial charge in [0.15, 0.2) is 0 Å². The Hall–Kier alpha value is -0.860. The highest BCUT2D eigenvalue weighted by atomic mass is 19.1. The van der Waals surface area contributed by atoms with Crippen molar-refractivity contribution in [2.45, 2.75) is 26.8 Å². The lowest BCUT2D eigenvalue weighted by atomic mass is 10.4. The molecule has 10 heavy (non-hydrogen) atoms. The quantitative estimate of drug-likeness (QED) is 0.437. The van der Waals surface area contributed by atoms with Gasteiger partial charge in [-0.3, -0.25) is 5.01 Å². The van der Waals surface area contributed by atoms with Crippen molar-refractivity contribution in [2.75, 3.05) is 0 Å². The highest BCUT2D eigenvalue weighted by Crippen LogP contribution is 1.99. The predicted molar refractivity (Wildman–Crippen MR) is 41.4 cm³/mol. The number of rotatable bonds is 3. The number of nitrogens with zero attached hydrogens (tertiary/aromatic N) is 2. The molecule has 0 aliphatic carbocycles. The largest absolute Gasteiger partial charge is 0.268 e. The highest BCUT2D eigenvalue weighted by molar-refractivity contribution is 5.71. The van der Waals surface area contributed by atoms with Gasteiger partial charge in [0, 0.05) is 19.2 Å². The van der Waals surface area contributed by atoms with Crippen molar-refractivity contribution in [3.63, 3.8) is 0 Å². The van der Waals surface area contributed by atoms with E-state index in [1.165, 1.54) is 18.1 Å². The molecule has 0 fully saturated rings. The van der Waals surface area contributed by atoms with Gasteiger partial charge in [0.25, 0.3) is 0 Å². The molecule has 0 atom stereocenters. The average Bonchev–Trinajstić information content (AvgIpc) is 1.81. The van der Waals surface area contributed by atoms with Crippen molar-refractivity contribution in [1.82, 2.24) is 5.01 Å². The van der Waals surface area contributed by atoms with Gasteiger partial charge in [0.2, 0.25) is 5.97 Å². The normalized spacial score (nSPS) is 11.9. The molecule has 2 nitrogen and oxygen atoms in total. The van der Waals surface area contributed by atoms with Crippen LogP contribution in [0.5, 0.6) is 0 Å². The van der Waals surface area contributed by atoms with Crippen molar-refractivity contribution in [3.8, 4) is 0 Å². The maximum atomic E-state index is 12.2. The van der Waals surface area contributed by atoms with E-state index in [4.69, 9.17) is 0 Å². The van der Waals surface area contributed by atoms with Crippen LogP contribution in [0.2, 0.25) is 0 Å². The van der Waals surface area contributed by atoms with E-state index < -0.39 is 5.97 Å². The van der Waals surface area contributed by atoms with E-state index in [9.17, 15) is 4.39 Å². The summed E-state index contributed by atoms with van der Waals surface area (Å²) in [5.41, 5.74) is 0. The van der Waals surface area contributed by atoms with Crippen LogP contribution in [-0.2, 0) is 0 Å². The Bertz CT molecular complexity index is 137. The predicted octanol–water partition coefficient (Wildman–Crippen LogP) is 2.14. The molecule has 0 aliphatic heterocycles. The first kappa shape index (κ1) is 9.14. The molecule has 0 aromatic carbocycles. The zero-order chi connectivity index (χ0) is 8.15. The zero-order valence-corrected chi connectivity index (χ0v) is 6.63. The van der Waals surface area contributed by atoms with Crippen molar-refractivity contribution >= 4 is 5.97 Å². The first-order valence-corrected chi connectivity index (χ1v) is 3.19. The lowest BCUT2D eigenvalue weighted by Crippen LogP contribution is -2.19. The summed E-state index contributed by atoms with van der Waals surface area (Å²) in [6.45, 7) is 8.61. The summed E-state index contributed by atoms with van der Waals surface area (Å²) in [6.07, 6.45) is 1.49. The van der Waals surface area contributed by atoms with Crippen molar-refractivity contribution < 1.29 is 4.39 Å². The van der Waals surface area contributed by atoms with Crippen molar-refractivity contribution in [3.05, 3.63) is 12.8 Å². The minimum atomic E-state index is -0.450. The van der Waals surface area contributed by atoms with E-state index in [0.717, 1.165) is 0 Å². The molecular formula is C7H13FN2. The van der Waals surface area contributed by atoms with E-state index >= 15 is 0 Å². The molecule has 0 saturated carbocycles. The van der Waals surface area contributed by atoms with Crippen LogP contribution in [0.25, 0.3) is 0 Å². The summed E-state index contributed by atoms with van der Waals surface area (Å²) in [6, 6.07) is 0.156. The molecule has 0 amide bonds. The standard InChI is InChI=1S/C7H13FN2/c1-5-10(6(2)3)9-7(4)8/h5-6H,1H2,2-4H3/b9-7+. The van der Waals surface area contributed by atoms with Gasteiger partial charge in [0.1, 0.15) is 0 Å². The van der Waals surface area contributed by atoms with Crippen molar-refractivity contribution in [2.24, 2.45) is 5.10 Å². The average molecular weight is 144 g/mol.